The Morgan fingerprint density at radius 3 is 2.75 bits per heavy atom. The maximum atomic E-state index is 9.97. The van der Waals surface area contributed by atoms with Crippen LogP contribution < -0.4 is 0 Å². The second kappa shape index (κ2) is 2.13. The van der Waals surface area contributed by atoms with E-state index in [4.69, 9.17) is 5.11 Å². The Morgan fingerprint density at radius 2 is 2.50 bits per heavy atom. The van der Waals surface area contributed by atoms with Gasteiger partial charge in [0.25, 0.3) is 0 Å². The first-order chi connectivity index (χ1) is 3.83. The summed E-state index contributed by atoms with van der Waals surface area (Å²) in [6.45, 7) is 1.23. The van der Waals surface area contributed by atoms with Gasteiger partial charge in [0.2, 0.25) is 6.41 Å². The molecule has 0 aromatic heterocycles. The number of hydrogen-bond acceptors (Lipinski definition) is 2. The van der Waals surface area contributed by atoms with E-state index in [-0.39, 0.29) is 6.10 Å². The fourth-order valence-electron chi connectivity index (χ4n) is 0.864. The molecular weight excluding hydrogens is 106 g/mol. The molecule has 0 bridgehead atoms. The molecule has 46 valence electrons. The SMILES string of the molecule is O=CN1CC[C@@H](O)C1. The Bertz CT molecular complexity index is 94.4. The summed E-state index contributed by atoms with van der Waals surface area (Å²) in [6, 6.07) is 0. The van der Waals surface area contributed by atoms with Gasteiger partial charge in [-0.15, -0.1) is 0 Å². The highest BCUT2D eigenvalue weighted by Gasteiger charge is 2.17. The molecule has 3 heteroatoms. The highest BCUT2D eigenvalue weighted by atomic mass is 16.3. The summed E-state index contributed by atoms with van der Waals surface area (Å²) >= 11 is 0. The lowest BCUT2D eigenvalue weighted by Gasteiger charge is -2.04. The third-order valence-corrected chi connectivity index (χ3v) is 1.34. The van der Waals surface area contributed by atoms with Gasteiger partial charge in [-0.3, -0.25) is 4.79 Å². The number of amides is 1. The molecule has 3 nitrogen and oxygen atoms in total. The van der Waals surface area contributed by atoms with Crippen LogP contribution >= 0.6 is 0 Å². The Hall–Kier alpha value is -0.570. The topological polar surface area (TPSA) is 40.5 Å². The molecule has 1 atom stereocenters. The van der Waals surface area contributed by atoms with Gasteiger partial charge in [0, 0.05) is 13.1 Å². The number of carbonyl (C=O) groups excluding carboxylic acids is 1. The molecule has 0 spiro atoms. The maximum Gasteiger partial charge on any atom is 0.209 e. The minimum atomic E-state index is -0.278. The van der Waals surface area contributed by atoms with Gasteiger partial charge in [0.05, 0.1) is 6.10 Å². The van der Waals surface area contributed by atoms with Crippen molar-refractivity contribution in [2.75, 3.05) is 13.1 Å². The second-order valence-electron chi connectivity index (χ2n) is 2.04. The lowest BCUT2D eigenvalue weighted by molar-refractivity contribution is -0.117. The zero-order valence-corrected chi connectivity index (χ0v) is 4.58. The van der Waals surface area contributed by atoms with Crippen molar-refractivity contribution in [2.45, 2.75) is 12.5 Å². The average Bonchev–Trinajstić information content (AvgIpc) is 2.14. The van der Waals surface area contributed by atoms with Crippen LogP contribution in [0.1, 0.15) is 6.42 Å². The summed E-state index contributed by atoms with van der Waals surface area (Å²) in [5, 5.41) is 8.83. The van der Waals surface area contributed by atoms with Gasteiger partial charge in [-0.2, -0.15) is 0 Å². The van der Waals surface area contributed by atoms with Crippen molar-refractivity contribution in [1.29, 1.82) is 0 Å². The average molecular weight is 115 g/mol. The molecule has 1 N–H and O–H groups in total. The van der Waals surface area contributed by atoms with Crippen LogP contribution in [0.4, 0.5) is 0 Å². The zero-order chi connectivity index (χ0) is 5.98. The van der Waals surface area contributed by atoms with Crippen molar-refractivity contribution < 1.29 is 9.90 Å². The molecule has 0 aliphatic carbocycles. The van der Waals surface area contributed by atoms with E-state index in [0.717, 1.165) is 12.8 Å². The third kappa shape index (κ3) is 0.980. The quantitative estimate of drug-likeness (QED) is 0.455. The van der Waals surface area contributed by atoms with Crippen molar-refractivity contribution in [3.8, 4) is 0 Å². The van der Waals surface area contributed by atoms with Crippen LogP contribution in [0.3, 0.4) is 0 Å². The second-order valence-corrected chi connectivity index (χ2v) is 2.04. The number of nitrogens with zero attached hydrogens (tertiary/aromatic N) is 1. The highest BCUT2D eigenvalue weighted by Crippen LogP contribution is 2.04. The number of β-amino-alcohol motifs (C(OH)–C–C–N with tert-alkyl or cyclic N) is 1. The molecule has 1 amide bonds. The largest absolute Gasteiger partial charge is 0.391 e. The van der Waals surface area contributed by atoms with E-state index in [2.05, 4.69) is 0 Å². The van der Waals surface area contributed by atoms with Crippen LogP contribution in [-0.2, 0) is 4.79 Å². The molecule has 0 aromatic rings. The van der Waals surface area contributed by atoms with Crippen molar-refractivity contribution in [3.63, 3.8) is 0 Å². The summed E-state index contributed by atoms with van der Waals surface area (Å²) < 4.78 is 0. The zero-order valence-electron chi connectivity index (χ0n) is 4.58. The van der Waals surface area contributed by atoms with Crippen LogP contribution in [-0.4, -0.2) is 35.6 Å². The lowest BCUT2D eigenvalue weighted by Crippen LogP contribution is -2.19. The van der Waals surface area contributed by atoms with Crippen LogP contribution in [0.5, 0.6) is 0 Å². The van der Waals surface area contributed by atoms with Gasteiger partial charge in [0.1, 0.15) is 0 Å². The number of carbonyl (C=O) groups is 1. The van der Waals surface area contributed by atoms with E-state index < -0.39 is 0 Å². The van der Waals surface area contributed by atoms with E-state index in [1.54, 1.807) is 4.90 Å². The summed E-state index contributed by atoms with van der Waals surface area (Å²) in [4.78, 5) is 11.5. The predicted octanol–water partition coefficient (Wildman–Crippen LogP) is -0.791. The molecule has 0 unspecified atom stereocenters. The molecule has 0 aromatic carbocycles. The van der Waals surface area contributed by atoms with Crippen LogP contribution in [0.25, 0.3) is 0 Å². The van der Waals surface area contributed by atoms with Gasteiger partial charge < -0.3 is 10.0 Å². The first kappa shape index (κ1) is 5.56. The molecule has 1 fully saturated rings. The molecule has 0 radical (unpaired) electrons. The maximum absolute atomic E-state index is 9.97. The summed E-state index contributed by atoms with van der Waals surface area (Å²) in [6.07, 6.45) is 1.23. The number of aliphatic hydroxyl groups excluding tert-OH is 1. The number of likely N-dealkylation sites (tertiary alicyclic amines) is 1. The van der Waals surface area contributed by atoms with E-state index in [1.165, 1.54) is 0 Å². The number of rotatable bonds is 1. The van der Waals surface area contributed by atoms with Crippen LogP contribution in [0, 0.1) is 0 Å². The van der Waals surface area contributed by atoms with Gasteiger partial charge >= 0.3 is 0 Å². The highest BCUT2D eigenvalue weighted by molar-refractivity contribution is 5.47. The molecular formula is C5H9NO2. The normalized spacial score (nSPS) is 28.6. The monoisotopic (exact) mass is 115 g/mol. The van der Waals surface area contributed by atoms with Crippen molar-refractivity contribution in [2.24, 2.45) is 0 Å². The molecule has 8 heavy (non-hydrogen) atoms. The third-order valence-electron chi connectivity index (χ3n) is 1.34. The first-order valence-electron chi connectivity index (χ1n) is 2.70. The molecule has 1 aliphatic rings. The first-order valence-corrected chi connectivity index (χ1v) is 2.70. The minimum absolute atomic E-state index is 0.278. The van der Waals surface area contributed by atoms with Gasteiger partial charge in [-0.1, -0.05) is 0 Å². The summed E-state index contributed by atoms with van der Waals surface area (Å²) in [7, 11) is 0. The van der Waals surface area contributed by atoms with Gasteiger partial charge in [-0.05, 0) is 6.42 Å². The van der Waals surface area contributed by atoms with E-state index >= 15 is 0 Å². The fourth-order valence-corrected chi connectivity index (χ4v) is 0.864. The van der Waals surface area contributed by atoms with Crippen molar-refractivity contribution in [3.05, 3.63) is 0 Å². The van der Waals surface area contributed by atoms with Gasteiger partial charge in [-0.25, -0.2) is 0 Å². The molecule has 1 heterocycles. The van der Waals surface area contributed by atoms with E-state index in [1.807, 2.05) is 0 Å². The van der Waals surface area contributed by atoms with Crippen molar-refractivity contribution >= 4 is 6.41 Å². The van der Waals surface area contributed by atoms with E-state index in [9.17, 15) is 4.79 Å². The van der Waals surface area contributed by atoms with Crippen LogP contribution in [0.2, 0.25) is 0 Å². The smallest absolute Gasteiger partial charge is 0.209 e. The van der Waals surface area contributed by atoms with Crippen molar-refractivity contribution in [1.82, 2.24) is 4.90 Å². The Morgan fingerprint density at radius 1 is 1.75 bits per heavy atom. The number of hydrogen-bond donors (Lipinski definition) is 1. The Labute approximate surface area is 47.9 Å². The fraction of sp³-hybridized carbons (Fsp3) is 0.800. The molecule has 1 aliphatic heterocycles. The lowest BCUT2D eigenvalue weighted by atomic mass is 10.3. The summed E-state index contributed by atoms with van der Waals surface area (Å²) in [5.74, 6) is 0. The standard InChI is InChI=1S/C5H9NO2/c7-4-6-2-1-5(8)3-6/h4-5,8H,1-3H2/t5-/m1/s1. The van der Waals surface area contributed by atoms with E-state index in [0.29, 0.717) is 13.1 Å². The summed E-state index contributed by atoms with van der Waals surface area (Å²) in [5.41, 5.74) is 0. The minimum Gasteiger partial charge on any atom is -0.391 e. The molecule has 1 rings (SSSR count). The van der Waals surface area contributed by atoms with Crippen LogP contribution in [0.15, 0.2) is 0 Å². The molecule has 1 saturated heterocycles. The number of aliphatic hydroxyl groups is 1. The Balaban J connectivity index is 2.32. The Kier molecular flexibility index (Phi) is 1.48. The van der Waals surface area contributed by atoms with Gasteiger partial charge in [0.15, 0.2) is 0 Å². The predicted molar refractivity (Wildman–Crippen MR) is 28.3 cm³/mol. The molecule has 0 saturated carbocycles.